The van der Waals surface area contributed by atoms with Gasteiger partial charge in [-0.1, -0.05) is 30.3 Å². The van der Waals surface area contributed by atoms with Crippen molar-refractivity contribution in [2.45, 2.75) is 12.5 Å². The first-order valence-corrected chi connectivity index (χ1v) is 12.7. The molecule has 1 unspecified atom stereocenters. The third-order valence-corrected chi connectivity index (χ3v) is 6.74. The van der Waals surface area contributed by atoms with Crippen molar-refractivity contribution in [3.8, 4) is 17.2 Å². The third kappa shape index (κ3) is 5.87. The first-order chi connectivity index (χ1) is 17.8. The first-order valence-electron chi connectivity index (χ1n) is 11.9. The molecule has 37 heavy (non-hydrogen) atoms. The minimum atomic E-state index is -0.762. The number of methoxy groups -OCH3 is 1. The van der Waals surface area contributed by atoms with Crippen LogP contribution in [0.15, 0.2) is 82.8 Å². The maximum absolute atomic E-state index is 13.3. The minimum Gasteiger partial charge on any atom is -0.507 e. The van der Waals surface area contributed by atoms with Crippen LogP contribution in [0.2, 0.25) is 0 Å². The van der Waals surface area contributed by atoms with Gasteiger partial charge in [0, 0.05) is 12.1 Å². The van der Waals surface area contributed by atoms with Crippen LogP contribution in [0.1, 0.15) is 23.6 Å². The van der Waals surface area contributed by atoms with E-state index in [0.717, 1.165) is 6.54 Å². The number of para-hydroxylation sites is 1. The van der Waals surface area contributed by atoms with Crippen molar-refractivity contribution in [1.82, 2.24) is 9.80 Å². The lowest BCUT2D eigenvalue weighted by Gasteiger charge is -2.26. The van der Waals surface area contributed by atoms with E-state index < -0.39 is 17.7 Å². The zero-order chi connectivity index (χ0) is 26.5. The molecule has 1 atom stereocenters. The zero-order valence-electron chi connectivity index (χ0n) is 21.0. The number of aliphatic hydroxyl groups excluding tert-OH is 1. The van der Waals surface area contributed by atoms with E-state index in [1.54, 1.807) is 31.4 Å². The lowest BCUT2D eigenvalue weighted by molar-refractivity contribution is -0.139. The summed E-state index contributed by atoms with van der Waals surface area (Å²) in [7, 11) is 5.46. The van der Waals surface area contributed by atoms with Crippen LogP contribution < -0.4 is 9.47 Å². The van der Waals surface area contributed by atoms with E-state index in [1.165, 1.54) is 4.90 Å². The highest BCUT2D eigenvalue weighted by Crippen LogP contribution is 2.41. The monoisotopic (exact) mass is 564 g/mol. The smallest absolute Gasteiger partial charge is 0.295 e. The van der Waals surface area contributed by atoms with Gasteiger partial charge in [-0.25, -0.2) is 0 Å². The highest BCUT2D eigenvalue weighted by atomic mass is 79.9. The molecule has 1 amide bonds. The molecule has 0 saturated carbocycles. The van der Waals surface area contributed by atoms with Gasteiger partial charge in [0.15, 0.2) is 0 Å². The van der Waals surface area contributed by atoms with Crippen LogP contribution in [0.4, 0.5) is 0 Å². The lowest BCUT2D eigenvalue weighted by Crippen LogP contribution is -2.32. The molecule has 3 aromatic carbocycles. The maximum atomic E-state index is 13.3. The number of hydrogen-bond donors (Lipinski definition) is 1. The molecule has 1 N–H and O–H groups in total. The molecular weight excluding hydrogens is 536 g/mol. The van der Waals surface area contributed by atoms with Gasteiger partial charge in [0.2, 0.25) is 0 Å². The molecule has 1 heterocycles. The number of ether oxygens (including phenoxy) is 2. The van der Waals surface area contributed by atoms with Crippen molar-refractivity contribution >= 4 is 33.4 Å². The molecule has 192 valence electrons. The molecule has 0 spiro atoms. The van der Waals surface area contributed by atoms with Crippen molar-refractivity contribution in [3.63, 3.8) is 0 Å². The van der Waals surface area contributed by atoms with Crippen LogP contribution in [0, 0.1) is 0 Å². The largest absolute Gasteiger partial charge is 0.507 e. The predicted octanol–water partition coefficient (Wildman–Crippen LogP) is 5.62. The Morgan fingerprint density at radius 3 is 2.41 bits per heavy atom. The van der Waals surface area contributed by atoms with Gasteiger partial charge in [-0.3, -0.25) is 9.59 Å². The van der Waals surface area contributed by atoms with Gasteiger partial charge >= 0.3 is 0 Å². The standard InChI is InChI=1S/C29H29BrN2O5/c1-31(2)15-8-16-32-26(19-9-7-12-22(17-19)37-21-10-5-4-6-11-21)25(28(34)29(32)35)27(33)20-13-14-24(36-3)23(30)18-20/h4-7,9-14,17-18,26,33H,8,15-16H2,1-3H3/b27-25+. The topological polar surface area (TPSA) is 79.3 Å². The molecule has 1 aliphatic rings. The molecule has 1 saturated heterocycles. The molecule has 0 aliphatic carbocycles. The number of carbonyl (C=O) groups excluding carboxylic acids is 2. The van der Waals surface area contributed by atoms with Gasteiger partial charge in [-0.2, -0.15) is 0 Å². The first kappa shape index (κ1) is 26.4. The van der Waals surface area contributed by atoms with Crippen molar-refractivity contribution < 1.29 is 24.2 Å². The number of hydrogen-bond acceptors (Lipinski definition) is 6. The Hall–Kier alpha value is -3.62. The molecule has 1 aliphatic heterocycles. The van der Waals surface area contributed by atoms with E-state index in [-0.39, 0.29) is 11.3 Å². The van der Waals surface area contributed by atoms with E-state index in [9.17, 15) is 14.7 Å². The van der Waals surface area contributed by atoms with Gasteiger partial charge in [-0.15, -0.1) is 0 Å². The van der Waals surface area contributed by atoms with Crippen LogP contribution in [0.25, 0.3) is 5.76 Å². The quantitative estimate of drug-likeness (QED) is 0.206. The number of carbonyl (C=O) groups is 2. The Labute approximate surface area is 225 Å². The average Bonchev–Trinajstić information content (AvgIpc) is 3.14. The summed E-state index contributed by atoms with van der Waals surface area (Å²) in [4.78, 5) is 30.1. The summed E-state index contributed by atoms with van der Waals surface area (Å²) < 4.78 is 11.9. The SMILES string of the molecule is COc1ccc(/C(O)=C2\C(=O)C(=O)N(CCCN(C)C)C2c2cccc(Oc3ccccc3)c2)cc1Br. The van der Waals surface area contributed by atoms with Crippen molar-refractivity contribution in [3.05, 3.63) is 94.0 Å². The number of likely N-dealkylation sites (tertiary alicyclic amines) is 1. The zero-order valence-corrected chi connectivity index (χ0v) is 22.6. The maximum Gasteiger partial charge on any atom is 0.295 e. The molecule has 0 bridgehead atoms. The van der Waals surface area contributed by atoms with Crippen LogP contribution >= 0.6 is 15.9 Å². The fraction of sp³-hybridized carbons (Fsp3) is 0.241. The van der Waals surface area contributed by atoms with E-state index in [1.807, 2.05) is 67.5 Å². The fourth-order valence-corrected chi connectivity index (χ4v) is 4.90. The summed E-state index contributed by atoms with van der Waals surface area (Å²) in [6.45, 7) is 1.11. The Kier molecular flexibility index (Phi) is 8.31. The van der Waals surface area contributed by atoms with Gasteiger partial charge in [0.25, 0.3) is 11.7 Å². The van der Waals surface area contributed by atoms with Crippen LogP contribution in [0.5, 0.6) is 17.2 Å². The van der Waals surface area contributed by atoms with Crippen LogP contribution in [-0.2, 0) is 9.59 Å². The summed E-state index contributed by atoms with van der Waals surface area (Å²) in [5, 5.41) is 11.3. The van der Waals surface area contributed by atoms with Crippen LogP contribution in [0.3, 0.4) is 0 Å². The molecule has 7 nitrogen and oxygen atoms in total. The third-order valence-electron chi connectivity index (χ3n) is 6.12. The second kappa shape index (κ2) is 11.6. The number of rotatable bonds is 9. The Bertz CT molecular complexity index is 1320. The fourth-order valence-electron chi connectivity index (χ4n) is 4.36. The van der Waals surface area contributed by atoms with E-state index in [2.05, 4.69) is 15.9 Å². The highest BCUT2D eigenvalue weighted by molar-refractivity contribution is 9.10. The number of amides is 1. The number of nitrogens with zero attached hydrogens (tertiary/aromatic N) is 2. The molecule has 1 fully saturated rings. The number of ketones is 1. The van der Waals surface area contributed by atoms with Crippen LogP contribution in [-0.4, -0.2) is 60.9 Å². The number of halogens is 1. The molecule has 0 radical (unpaired) electrons. The second-order valence-corrected chi connectivity index (χ2v) is 9.84. The molecular formula is C29H29BrN2O5. The minimum absolute atomic E-state index is 0.0452. The Morgan fingerprint density at radius 1 is 1.00 bits per heavy atom. The summed E-state index contributed by atoms with van der Waals surface area (Å²) in [5.74, 6) is 0.234. The van der Waals surface area contributed by atoms with Gasteiger partial charge in [-0.05, 0) is 91.0 Å². The summed E-state index contributed by atoms with van der Waals surface area (Å²) in [5.41, 5.74) is 1.12. The predicted molar refractivity (Wildman–Crippen MR) is 146 cm³/mol. The molecule has 4 rings (SSSR count). The van der Waals surface area contributed by atoms with E-state index >= 15 is 0 Å². The molecule has 3 aromatic rings. The number of benzene rings is 3. The lowest BCUT2D eigenvalue weighted by atomic mass is 9.95. The van der Waals surface area contributed by atoms with Gasteiger partial charge < -0.3 is 24.4 Å². The summed E-state index contributed by atoms with van der Waals surface area (Å²) in [6, 6.07) is 20.9. The normalized spacial score (nSPS) is 16.9. The summed E-state index contributed by atoms with van der Waals surface area (Å²) in [6.07, 6.45) is 0.671. The van der Waals surface area contributed by atoms with E-state index in [4.69, 9.17) is 9.47 Å². The van der Waals surface area contributed by atoms with Crippen molar-refractivity contribution in [1.29, 1.82) is 0 Å². The summed E-state index contributed by atoms with van der Waals surface area (Å²) >= 11 is 3.43. The molecule has 0 aromatic heterocycles. The Balaban J connectivity index is 1.79. The van der Waals surface area contributed by atoms with E-state index in [0.29, 0.717) is 45.8 Å². The van der Waals surface area contributed by atoms with Crippen molar-refractivity contribution in [2.75, 3.05) is 34.3 Å². The van der Waals surface area contributed by atoms with Gasteiger partial charge in [0.05, 0.1) is 23.2 Å². The number of aliphatic hydroxyl groups is 1. The average molecular weight is 565 g/mol. The second-order valence-electron chi connectivity index (χ2n) is 8.99. The molecule has 8 heteroatoms. The number of Topliss-reactive ketones (excluding diaryl/α,β-unsaturated/α-hetero) is 1. The van der Waals surface area contributed by atoms with Gasteiger partial charge in [0.1, 0.15) is 23.0 Å². The van der Waals surface area contributed by atoms with Crippen molar-refractivity contribution in [2.24, 2.45) is 0 Å². The highest BCUT2D eigenvalue weighted by Gasteiger charge is 2.46. The Morgan fingerprint density at radius 2 is 1.73 bits per heavy atom.